The Hall–Kier alpha value is -2.18. The SMILES string of the molecule is CCC(C(=O)Nc1c(C)cccc1C(=O)OC)[N+]1(Cc2ccccc2)CCCCC1.[Br-]. The molecule has 0 bridgehead atoms. The van der Waals surface area contributed by atoms with Crippen LogP contribution in [0.3, 0.4) is 0 Å². The van der Waals surface area contributed by atoms with Crippen molar-refractivity contribution in [2.75, 3.05) is 25.5 Å². The first-order chi connectivity index (χ1) is 14.5. The largest absolute Gasteiger partial charge is 1.00 e. The summed E-state index contributed by atoms with van der Waals surface area (Å²) in [7, 11) is 1.36. The first kappa shape index (κ1) is 25.1. The highest BCUT2D eigenvalue weighted by atomic mass is 79.9. The molecule has 2 aromatic rings. The summed E-state index contributed by atoms with van der Waals surface area (Å²) >= 11 is 0. The highest BCUT2D eigenvalue weighted by Gasteiger charge is 2.42. The van der Waals surface area contributed by atoms with Crippen LogP contribution < -0.4 is 22.3 Å². The first-order valence-corrected chi connectivity index (χ1v) is 10.9. The zero-order chi connectivity index (χ0) is 21.6. The Morgan fingerprint density at radius 2 is 1.71 bits per heavy atom. The van der Waals surface area contributed by atoms with Crippen molar-refractivity contribution in [3.8, 4) is 0 Å². The molecular formula is C25H33BrN2O3. The molecule has 1 amide bonds. The molecule has 2 aromatic carbocycles. The van der Waals surface area contributed by atoms with Crippen LogP contribution in [0.2, 0.25) is 0 Å². The van der Waals surface area contributed by atoms with Crippen molar-refractivity contribution in [2.24, 2.45) is 0 Å². The Balaban J connectivity index is 0.00000341. The molecule has 168 valence electrons. The lowest BCUT2D eigenvalue weighted by atomic mass is 9.98. The molecule has 1 N–H and O–H groups in total. The highest BCUT2D eigenvalue weighted by Crippen LogP contribution is 2.30. The highest BCUT2D eigenvalue weighted by molar-refractivity contribution is 6.03. The van der Waals surface area contributed by atoms with E-state index in [1.807, 2.05) is 25.1 Å². The maximum Gasteiger partial charge on any atom is 0.339 e. The normalized spacial score (nSPS) is 16.0. The number of aryl methyl sites for hydroxylation is 1. The van der Waals surface area contributed by atoms with Crippen LogP contribution >= 0.6 is 0 Å². The van der Waals surface area contributed by atoms with Crippen LogP contribution in [0.15, 0.2) is 48.5 Å². The second kappa shape index (κ2) is 11.4. The number of piperidine rings is 1. The van der Waals surface area contributed by atoms with Gasteiger partial charge in [-0.05, 0) is 37.8 Å². The monoisotopic (exact) mass is 488 g/mol. The fourth-order valence-corrected chi connectivity index (χ4v) is 4.81. The van der Waals surface area contributed by atoms with E-state index in [4.69, 9.17) is 4.74 Å². The number of hydrogen-bond donors (Lipinski definition) is 1. The fourth-order valence-electron chi connectivity index (χ4n) is 4.81. The van der Waals surface area contributed by atoms with Crippen molar-refractivity contribution >= 4 is 17.6 Å². The molecule has 0 saturated carbocycles. The van der Waals surface area contributed by atoms with Gasteiger partial charge in [-0.2, -0.15) is 0 Å². The number of rotatable bonds is 7. The summed E-state index contributed by atoms with van der Waals surface area (Å²) in [5.74, 6) is -0.456. The summed E-state index contributed by atoms with van der Waals surface area (Å²) in [6.07, 6.45) is 4.23. The van der Waals surface area contributed by atoms with E-state index >= 15 is 0 Å². The Kier molecular flexibility index (Phi) is 9.26. The molecule has 0 aromatic heterocycles. The van der Waals surface area contributed by atoms with E-state index in [0.717, 1.165) is 48.9 Å². The van der Waals surface area contributed by atoms with Gasteiger partial charge >= 0.3 is 5.97 Å². The van der Waals surface area contributed by atoms with Crippen molar-refractivity contribution in [2.45, 2.75) is 52.1 Å². The zero-order valence-corrected chi connectivity index (χ0v) is 20.3. The van der Waals surface area contributed by atoms with Gasteiger partial charge in [0, 0.05) is 12.0 Å². The first-order valence-electron chi connectivity index (χ1n) is 10.9. The van der Waals surface area contributed by atoms with Gasteiger partial charge in [-0.1, -0.05) is 49.4 Å². The molecule has 1 heterocycles. The summed E-state index contributed by atoms with van der Waals surface area (Å²) in [5, 5.41) is 3.10. The number of nitrogens with zero attached hydrogens (tertiary/aromatic N) is 1. The van der Waals surface area contributed by atoms with E-state index < -0.39 is 5.97 Å². The summed E-state index contributed by atoms with van der Waals surface area (Å²) < 4.78 is 5.69. The van der Waals surface area contributed by atoms with E-state index in [1.54, 1.807) is 6.07 Å². The lowest BCUT2D eigenvalue weighted by Crippen LogP contribution is -3.00. The van der Waals surface area contributed by atoms with Crippen LogP contribution in [0.4, 0.5) is 5.69 Å². The van der Waals surface area contributed by atoms with Gasteiger partial charge in [0.2, 0.25) is 0 Å². The third kappa shape index (κ3) is 5.74. The molecule has 1 unspecified atom stereocenters. The molecule has 5 nitrogen and oxygen atoms in total. The molecule has 1 aliphatic heterocycles. The van der Waals surface area contributed by atoms with Crippen LogP contribution in [0, 0.1) is 6.92 Å². The number of quaternary nitrogens is 1. The number of amides is 1. The molecule has 1 aliphatic rings. The van der Waals surface area contributed by atoms with Crippen molar-refractivity contribution in [1.29, 1.82) is 0 Å². The number of halogens is 1. The topological polar surface area (TPSA) is 55.4 Å². The van der Waals surface area contributed by atoms with E-state index in [2.05, 4.69) is 36.5 Å². The second-order valence-electron chi connectivity index (χ2n) is 8.27. The Morgan fingerprint density at radius 1 is 1.03 bits per heavy atom. The maximum absolute atomic E-state index is 13.6. The molecule has 0 spiro atoms. The smallest absolute Gasteiger partial charge is 0.339 e. The summed E-state index contributed by atoms with van der Waals surface area (Å²) in [5.41, 5.74) is 3.07. The molecule has 3 rings (SSSR count). The average molecular weight is 489 g/mol. The second-order valence-corrected chi connectivity index (χ2v) is 8.27. The minimum atomic E-state index is -0.437. The molecule has 1 atom stereocenters. The molecule has 0 aliphatic carbocycles. The van der Waals surface area contributed by atoms with Gasteiger partial charge in [0.1, 0.15) is 6.54 Å². The van der Waals surface area contributed by atoms with Gasteiger partial charge < -0.3 is 31.5 Å². The van der Waals surface area contributed by atoms with Crippen LogP contribution in [0.5, 0.6) is 0 Å². The standard InChI is InChI=1S/C25H32N2O3.BrH/c1-4-22(24(28)26-23-19(2)12-11-15-21(23)25(29)30-3)27(16-9-6-10-17-27)18-20-13-7-5-8-14-20;/h5,7-8,11-15,22H,4,6,9-10,16-18H2,1-3H3;1H. The van der Waals surface area contributed by atoms with Crippen LogP contribution in [-0.4, -0.2) is 42.6 Å². The minimum absolute atomic E-state index is 0. The number of methoxy groups -OCH3 is 1. The van der Waals surface area contributed by atoms with E-state index in [0.29, 0.717) is 11.3 Å². The van der Waals surface area contributed by atoms with Gasteiger partial charge in [-0.15, -0.1) is 0 Å². The van der Waals surface area contributed by atoms with Gasteiger partial charge in [0.25, 0.3) is 5.91 Å². The number of ether oxygens (including phenoxy) is 1. The Labute approximate surface area is 196 Å². The maximum atomic E-state index is 13.6. The van der Waals surface area contributed by atoms with Crippen molar-refractivity contribution in [3.63, 3.8) is 0 Å². The van der Waals surface area contributed by atoms with Crippen molar-refractivity contribution < 1.29 is 35.8 Å². The van der Waals surface area contributed by atoms with Crippen LogP contribution in [0.1, 0.15) is 54.1 Å². The summed E-state index contributed by atoms with van der Waals surface area (Å²) in [6.45, 7) is 6.84. The van der Waals surface area contributed by atoms with E-state index in [1.165, 1.54) is 19.1 Å². The predicted octanol–water partition coefficient (Wildman–Crippen LogP) is 1.70. The number of nitrogens with one attached hydrogen (secondary N) is 1. The lowest BCUT2D eigenvalue weighted by molar-refractivity contribution is -0.959. The molecule has 6 heteroatoms. The number of esters is 1. The Bertz CT molecular complexity index is 880. The third-order valence-electron chi connectivity index (χ3n) is 6.32. The number of carbonyl (C=O) groups excluding carboxylic acids is 2. The molecular weight excluding hydrogens is 456 g/mol. The predicted molar refractivity (Wildman–Crippen MR) is 119 cm³/mol. The number of para-hydroxylation sites is 1. The van der Waals surface area contributed by atoms with Crippen LogP contribution in [0.25, 0.3) is 0 Å². The van der Waals surface area contributed by atoms with Crippen LogP contribution in [-0.2, 0) is 16.1 Å². The Morgan fingerprint density at radius 3 is 2.32 bits per heavy atom. The number of benzene rings is 2. The van der Waals surface area contributed by atoms with Gasteiger partial charge in [-0.25, -0.2) is 4.79 Å². The minimum Gasteiger partial charge on any atom is -1.00 e. The molecule has 0 radical (unpaired) electrons. The quantitative estimate of drug-likeness (QED) is 0.476. The van der Waals surface area contributed by atoms with Crippen molar-refractivity contribution in [1.82, 2.24) is 0 Å². The zero-order valence-electron chi connectivity index (χ0n) is 18.7. The molecule has 31 heavy (non-hydrogen) atoms. The molecule has 1 fully saturated rings. The number of carbonyl (C=O) groups is 2. The number of hydrogen-bond acceptors (Lipinski definition) is 3. The van der Waals surface area contributed by atoms with Gasteiger partial charge in [0.15, 0.2) is 6.04 Å². The third-order valence-corrected chi connectivity index (χ3v) is 6.32. The van der Waals surface area contributed by atoms with Gasteiger partial charge in [0.05, 0.1) is 31.5 Å². The molecule has 1 saturated heterocycles. The lowest BCUT2D eigenvalue weighted by Gasteiger charge is -2.46. The average Bonchev–Trinajstić information content (AvgIpc) is 2.76. The van der Waals surface area contributed by atoms with E-state index in [9.17, 15) is 9.59 Å². The summed E-state index contributed by atoms with van der Waals surface area (Å²) in [6, 6.07) is 15.7. The van der Waals surface area contributed by atoms with Crippen molar-refractivity contribution in [3.05, 3.63) is 65.2 Å². The van der Waals surface area contributed by atoms with E-state index in [-0.39, 0.29) is 28.9 Å². The number of anilines is 1. The summed E-state index contributed by atoms with van der Waals surface area (Å²) in [4.78, 5) is 25.8. The fraction of sp³-hybridized carbons (Fsp3) is 0.440. The number of likely N-dealkylation sites (tertiary alicyclic amines) is 1. The van der Waals surface area contributed by atoms with Gasteiger partial charge in [-0.3, -0.25) is 4.79 Å².